The third-order valence-corrected chi connectivity index (χ3v) is 5.86. The normalized spacial score (nSPS) is 10.8. The minimum atomic E-state index is -0.134. The van der Waals surface area contributed by atoms with Gasteiger partial charge in [0.2, 0.25) is 0 Å². The Kier molecular flexibility index (Phi) is 6.80. The molecule has 0 saturated heterocycles. The molecule has 2 N–H and O–H groups in total. The van der Waals surface area contributed by atoms with E-state index in [0.717, 1.165) is 52.4 Å². The predicted molar refractivity (Wildman–Crippen MR) is 139 cm³/mol. The summed E-state index contributed by atoms with van der Waals surface area (Å²) in [6.07, 6.45) is 0. The number of halogens is 1. The van der Waals surface area contributed by atoms with E-state index in [1.54, 1.807) is 0 Å². The molecule has 168 valence electrons. The van der Waals surface area contributed by atoms with Crippen molar-refractivity contribution in [3.63, 3.8) is 0 Å². The fraction of sp³-hybridized carbons (Fsp3) is 0.185. The highest BCUT2D eigenvalue weighted by molar-refractivity contribution is 6.30. The topological polar surface area (TPSA) is 57.3 Å². The number of amides is 1. The molecular formula is C27H27ClN4O. The maximum atomic E-state index is 12.8. The Labute approximate surface area is 199 Å². The van der Waals surface area contributed by atoms with Crippen LogP contribution in [0.1, 0.15) is 29.8 Å². The van der Waals surface area contributed by atoms with Gasteiger partial charge < -0.3 is 15.5 Å². The Bertz CT molecular complexity index is 1280. The Hall–Kier alpha value is -3.57. The second-order valence-electron chi connectivity index (χ2n) is 7.86. The van der Waals surface area contributed by atoms with Gasteiger partial charge >= 0.3 is 0 Å². The number of nitrogens with zero attached hydrogens (tertiary/aromatic N) is 2. The number of nitrogens with one attached hydrogen (secondary N) is 2. The number of benzene rings is 3. The summed E-state index contributed by atoms with van der Waals surface area (Å²) in [4.78, 5) is 19.7. The van der Waals surface area contributed by atoms with Crippen molar-refractivity contribution in [2.75, 3.05) is 28.6 Å². The van der Waals surface area contributed by atoms with Crippen LogP contribution in [0.3, 0.4) is 0 Å². The third kappa shape index (κ3) is 5.26. The van der Waals surface area contributed by atoms with Crippen LogP contribution < -0.4 is 15.5 Å². The van der Waals surface area contributed by atoms with Gasteiger partial charge in [-0.25, -0.2) is 4.98 Å². The van der Waals surface area contributed by atoms with Gasteiger partial charge in [0.15, 0.2) is 0 Å². The quantitative estimate of drug-likeness (QED) is 0.312. The smallest absolute Gasteiger partial charge is 0.255 e. The first-order chi connectivity index (χ1) is 16.0. The lowest BCUT2D eigenvalue weighted by Gasteiger charge is -2.21. The summed E-state index contributed by atoms with van der Waals surface area (Å²) < 4.78 is 0. The molecule has 3 aromatic carbocycles. The first kappa shape index (κ1) is 22.6. The van der Waals surface area contributed by atoms with Gasteiger partial charge in [0.25, 0.3) is 5.91 Å². The molecule has 0 atom stereocenters. The summed E-state index contributed by atoms with van der Waals surface area (Å²) in [7, 11) is 0. The lowest BCUT2D eigenvalue weighted by atomic mass is 10.1. The zero-order valence-electron chi connectivity index (χ0n) is 19.0. The van der Waals surface area contributed by atoms with Crippen molar-refractivity contribution in [1.29, 1.82) is 0 Å². The number of carbonyl (C=O) groups excluding carboxylic acids is 1. The zero-order valence-corrected chi connectivity index (χ0v) is 19.8. The van der Waals surface area contributed by atoms with Crippen LogP contribution in [0.4, 0.5) is 22.9 Å². The molecule has 0 bridgehead atoms. The summed E-state index contributed by atoms with van der Waals surface area (Å²) in [5, 5.41) is 7.96. The van der Waals surface area contributed by atoms with Crippen molar-refractivity contribution in [1.82, 2.24) is 4.98 Å². The molecule has 0 radical (unpaired) electrons. The molecule has 0 aliphatic heterocycles. The molecule has 0 fully saturated rings. The highest BCUT2D eigenvalue weighted by Gasteiger charge is 2.10. The number of aromatic nitrogens is 1. The van der Waals surface area contributed by atoms with Crippen molar-refractivity contribution < 1.29 is 4.79 Å². The lowest BCUT2D eigenvalue weighted by Crippen LogP contribution is -2.21. The molecule has 5 nitrogen and oxygen atoms in total. The highest BCUT2D eigenvalue weighted by Crippen LogP contribution is 2.26. The van der Waals surface area contributed by atoms with Crippen molar-refractivity contribution >= 4 is 51.3 Å². The Balaban J connectivity index is 1.52. The van der Waals surface area contributed by atoms with E-state index in [1.807, 2.05) is 79.7 Å². The maximum Gasteiger partial charge on any atom is 0.255 e. The van der Waals surface area contributed by atoms with E-state index in [0.29, 0.717) is 10.6 Å². The van der Waals surface area contributed by atoms with Crippen LogP contribution in [0, 0.1) is 6.92 Å². The summed E-state index contributed by atoms with van der Waals surface area (Å²) in [6.45, 7) is 8.14. The SMILES string of the molecule is CCN(CC)c1ccc(C(=O)Nc2ccc3nc(Nc4cccc(Cl)c4)cc(C)c3c2)cc1. The molecule has 6 heteroatoms. The van der Waals surface area contributed by atoms with Crippen LogP contribution in [0.5, 0.6) is 0 Å². The number of fused-ring (bicyclic) bond motifs is 1. The molecule has 0 spiro atoms. The van der Waals surface area contributed by atoms with Crippen LogP contribution in [0.2, 0.25) is 5.02 Å². The predicted octanol–water partition coefficient (Wildman–Crippen LogP) is 7.04. The second-order valence-corrected chi connectivity index (χ2v) is 8.30. The number of aryl methyl sites for hydroxylation is 1. The molecule has 4 aromatic rings. The Morgan fingerprint density at radius 3 is 2.39 bits per heavy atom. The molecule has 0 aliphatic carbocycles. The van der Waals surface area contributed by atoms with Crippen molar-refractivity contribution in [3.8, 4) is 0 Å². The summed E-state index contributed by atoms with van der Waals surface area (Å²) in [5.74, 6) is 0.609. The number of hydrogen-bond donors (Lipinski definition) is 2. The monoisotopic (exact) mass is 458 g/mol. The summed E-state index contributed by atoms with van der Waals surface area (Å²) in [5.41, 5.74) is 5.27. The number of rotatable bonds is 7. The summed E-state index contributed by atoms with van der Waals surface area (Å²) >= 11 is 6.08. The highest BCUT2D eigenvalue weighted by atomic mass is 35.5. The Morgan fingerprint density at radius 1 is 0.939 bits per heavy atom. The average Bonchev–Trinajstić information content (AvgIpc) is 2.81. The van der Waals surface area contributed by atoms with Gasteiger partial charge in [-0.15, -0.1) is 0 Å². The van der Waals surface area contributed by atoms with E-state index in [2.05, 4.69) is 29.4 Å². The van der Waals surface area contributed by atoms with Crippen molar-refractivity contribution in [3.05, 3.63) is 88.9 Å². The van der Waals surface area contributed by atoms with Crippen LogP contribution in [0.25, 0.3) is 10.9 Å². The first-order valence-corrected chi connectivity index (χ1v) is 11.4. The van der Waals surface area contributed by atoms with Gasteiger partial charge in [0.05, 0.1) is 5.52 Å². The van der Waals surface area contributed by atoms with Gasteiger partial charge in [0, 0.05) is 46.1 Å². The van der Waals surface area contributed by atoms with E-state index in [9.17, 15) is 4.79 Å². The van der Waals surface area contributed by atoms with Gasteiger partial charge in [0.1, 0.15) is 5.82 Å². The van der Waals surface area contributed by atoms with Crippen molar-refractivity contribution in [2.24, 2.45) is 0 Å². The third-order valence-electron chi connectivity index (χ3n) is 5.63. The van der Waals surface area contributed by atoms with Crippen LogP contribution >= 0.6 is 11.6 Å². The van der Waals surface area contributed by atoms with Crippen LogP contribution in [0.15, 0.2) is 72.8 Å². The largest absolute Gasteiger partial charge is 0.372 e. The van der Waals surface area contributed by atoms with E-state index in [4.69, 9.17) is 16.6 Å². The van der Waals surface area contributed by atoms with E-state index in [-0.39, 0.29) is 5.91 Å². The van der Waals surface area contributed by atoms with Crippen molar-refractivity contribution in [2.45, 2.75) is 20.8 Å². The fourth-order valence-corrected chi connectivity index (χ4v) is 4.06. The molecule has 1 amide bonds. The van der Waals surface area contributed by atoms with E-state index < -0.39 is 0 Å². The molecule has 0 aliphatic rings. The first-order valence-electron chi connectivity index (χ1n) is 11.1. The molecule has 1 aromatic heterocycles. The fourth-order valence-electron chi connectivity index (χ4n) is 3.87. The molecule has 33 heavy (non-hydrogen) atoms. The lowest BCUT2D eigenvalue weighted by molar-refractivity contribution is 0.102. The van der Waals surface area contributed by atoms with E-state index in [1.165, 1.54) is 0 Å². The van der Waals surface area contributed by atoms with Gasteiger partial charge in [-0.1, -0.05) is 17.7 Å². The number of pyridine rings is 1. The number of carbonyl (C=O) groups is 1. The number of anilines is 4. The van der Waals surface area contributed by atoms with Crippen LogP contribution in [-0.2, 0) is 0 Å². The van der Waals surface area contributed by atoms with Gasteiger partial charge in [-0.2, -0.15) is 0 Å². The van der Waals surface area contributed by atoms with E-state index >= 15 is 0 Å². The molecule has 0 saturated carbocycles. The molecule has 1 heterocycles. The number of hydrogen-bond acceptors (Lipinski definition) is 4. The molecular weight excluding hydrogens is 432 g/mol. The molecule has 0 unspecified atom stereocenters. The minimum absolute atomic E-state index is 0.134. The standard InChI is InChI=1S/C27H27ClN4O/c1-4-32(5-2)23-12-9-19(10-13-23)27(33)30-22-11-14-25-24(17-22)18(3)15-26(31-25)29-21-8-6-7-20(28)16-21/h6-17H,4-5H2,1-3H3,(H,29,31)(H,30,33). The maximum absolute atomic E-state index is 12.8. The Morgan fingerprint density at radius 2 is 1.70 bits per heavy atom. The summed E-state index contributed by atoms with van der Waals surface area (Å²) in [6, 6.07) is 23.0. The molecule has 4 rings (SSSR count). The van der Waals surface area contributed by atoms with Gasteiger partial charge in [-0.05, 0) is 93.1 Å². The van der Waals surface area contributed by atoms with Gasteiger partial charge in [-0.3, -0.25) is 4.79 Å². The van der Waals surface area contributed by atoms with Crippen LogP contribution in [-0.4, -0.2) is 24.0 Å². The minimum Gasteiger partial charge on any atom is -0.372 e. The zero-order chi connectivity index (χ0) is 23.4. The average molecular weight is 459 g/mol. The second kappa shape index (κ2) is 9.92.